The van der Waals surface area contributed by atoms with Crippen LogP contribution in [0, 0.1) is 0 Å². The van der Waals surface area contributed by atoms with Crippen LogP contribution in [0.2, 0.25) is 0 Å². The molecule has 2 rings (SSSR count). The van der Waals surface area contributed by atoms with Crippen LogP contribution in [-0.2, 0) is 38.1 Å². The van der Waals surface area contributed by atoms with Gasteiger partial charge >= 0.3 is 71.1 Å². The van der Waals surface area contributed by atoms with Gasteiger partial charge in [-0.25, -0.2) is 0 Å². The first-order valence-corrected chi connectivity index (χ1v) is 20.0. The van der Waals surface area contributed by atoms with E-state index in [1.165, 1.54) is 61.2 Å². The number of carboxylic acid groups (broad SMARTS) is 2. The van der Waals surface area contributed by atoms with Crippen molar-refractivity contribution < 1.29 is 117 Å². The van der Waals surface area contributed by atoms with Crippen LogP contribution in [0.3, 0.4) is 0 Å². The Balaban J connectivity index is 0.0000162. The van der Waals surface area contributed by atoms with E-state index in [-0.39, 0.29) is 123 Å². The number of benzene rings is 2. The Morgan fingerprint density at radius 1 is 0.466 bits per heavy atom. The average Bonchev–Trinajstić information content (AvgIpc) is 3.17. The van der Waals surface area contributed by atoms with Gasteiger partial charge in [-0.3, -0.25) is 9.59 Å². The molecule has 0 aromatic heterocycles. The van der Waals surface area contributed by atoms with Gasteiger partial charge in [0.05, 0.1) is 49.6 Å². The number of esters is 2. The van der Waals surface area contributed by atoms with Gasteiger partial charge in [0.25, 0.3) is 0 Å². The quantitative estimate of drug-likeness (QED) is 0.0428. The van der Waals surface area contributed by atoms with Crippen LogP contribution in [-0.4, -0.2) is 103 Å². The molecule has 2 aromatic rings. The summed E-state index contributed by atoms with van der Waals surface area (Å²) in [4.78, 5) is 51.1. The van der Waals surface area contributed by atoms with Gasteiger partial charge in [0.1, 0.15) is 51.0 Å². The van der Waals surface area contributed by atoms with Crippen molar-refractivity contribution in [3.63, 3.8) is 0 Å². The minimum atomic E-state index is -1.39. The van der Waals surface area contributed by atoms with Crippen molar-refractivity contribution in [1.29, 1.82) is 0 Å². The van der Waals surface area contributed by atoms with Crippen molar-refractivity contribution in [2.75, 3.05) is 88.8 Å². The standard InChI is InChI=1S/C42H64N2O12.2Na/c1-3-5-7-9-11-17-23-51-25-27-55-41(49)33-43(31-39(45)46)35-19-13-15-21-37(35)53-29-30-54-38-22-16-14-20-36(38)44(32-40(47)48)34-42(50)56-28-26-52-24-18-12-10-8-6-4-2;;/h13-16,19-22H,3-12,17-18,23-34H2,1-2H3,(H,45,46)(H,47,48);;/q;2*+1/p-2. The van der Waals surface area contributed by atoms with Crippen LogP contribution >= 0.6 is 0 Å². The first-order valence-electron chi connectivity index (χ1n) is 20.0. The van der Waals surface area contributed by atoms with Crippen molar-refractivity contribution >= 4 is 35.3 Å². The molecule has 2 aromatic carbocycles. The summed E-state index contributed by atoms with van der Waals surface area (Å²) < 4.78 is 33.6. The fourth-order valence-corrected chi connectivity index (χ4v) is 5.75. The Kier molecular flexibility index (Phi) is 34.7. The molecular formula is C42H62N2Na2O12. The smallest absolute Gasteiger partial charge is 0.548 e. The van der Waals surface area contributed by atoms with Crippen molar-refractivity contribution in [3.8, 4) is 11.5 Å². The normalized spacial score (nSPS) is 10.4. The second-order valence-electron chi connectivity index (χ2n) is 13.3. The molecule has 0 spiro atoms. The Morgan fingerprint density at radius 3 is 1.21 bits per heavy atom. The second-order valence-corrected chi connectivity index (χ2v) is 13.3. The monoisotopic (exact) mass is 832 g/mol. The summed E-state index contributed by atoms with van der Waals surface area (Å²) in [6.45, 7) is 4.18. The number of unbranched alkanes of at least 4 members (excludes halogenated alkanes) is 10. The molecule has 14 nitrogen and oxygen atoms in total. The van der Waals surface area contributed by atoms with Crippen LogP contribution in [0.15, 0.2) is 48.5 Å². The van der Waals surface area contributed by atoms with E-state index < -0.39 is 37.0 Å². The number of hydrogen-bond acceptors (Lipinski definition) is 14. The van der Waals surface area contributed by atoms with Gasteiger partial charge in [-0.15, -0.1) is 0 Å². The van der Waals surface area contributed by atoms with E-state index in [1.54, 1.807) is 48.5 Å². The fourth-order valence-electron chi connectivity index (χ4n) is 5.75. The predicted molar refractivity (Wildman–Crippen MR) is 209 cm³/mol. The molecule has 58 heavy (non-hydrogen) atoms. The summed E-state index contributed by atoms with van der Waals surface area (Å²) >= 11 is 0. The van der Waals surface area contributed by atoms with E-state index in [0.717, 1.165) is 25.7 Å². The largest absolute Gasteiger partial charge is 1.00 e. The third kappa shape index (κ3) is 26.5. The molecule has 0 aliphatic carbocycles. The molecule has 0 saturated carbocycles. The SMILES string of the molecule is CCCCCCCCOCCOC(=O)CN(CC(=O)[O-])c1ccccc1OCCOc1ccccc1N(CC(=O)[O-])CC(=O)OCCOCCCCCCCC.[Na+].[Na+]. The number of carbonyl (C=O) groups excluding carboxylic acids is 4. The first kappa shape index (κ1) is 55.4. The minimum absolute atomic E-state index is 0. The minimum Gasteiger partial charge on any atom is -0.548 e. The molecule has 0 saturated heterocycles. The molecule has 0 aliphatic rings. The van der Waals surface area contributed by atoms with E-state index in [9.17, 15) is 29.4 Å². The van der Waals surface area contributed by atoms with Gasteiger partial charge in [0.15, 0.2) is 0 Å². The number of carboxylic acids is 2. The van der Waals surface area contributed by atoms with Crippen LogP contribution in [0.1, 0.15) is 90.9 Å². The van der Waals surface area contributed by atoms with Crippen LogP contribution in [0.5, 0.6) is 11.5 Å². The molecule has 0 amide bonds. The van der Waals surface area contributed by atoms with Gasteiger partial charge in [0, 0.05) is 13.2 Å². The second kappa shape index (κ2) is 36.3. The molecule has 0 heterocycles. The number of rotatable bonds is 35. The first-order chi connectivity index (χ1) is 27.2. The molecule has 0 radical (unpaired) electrons. The molecule has 0 atom stereocenters. The maximum absolute atomic E-state index is 12.7. The molecule has 0 aliphatic heterocycles. The maximum Gasteiger partial charge on any atom is 1.00 e. The fraction of sp³-hybridized carbons (Fsp3) is 0.619. The van der Waals surface area contributed by atoms with Gasteiger partial charge in [-0.2, -0.15) is 0 Å². The summed E-state index contributed by atoms with van der Waals surface area (Å²) in [7, 11) is 0. The number of aliphatic carboxylic acids is 2. The van der Waals surface area contributed by atoms with E-state index in [0.29, 0.717) is 24.6 Å². The van der Waals surface area contributed by atoms with Gasteiger partial charge in [-0.1, -0.05) is 102 Å². The zero-order valence-corrected chi connectivity index (χ0v) is 39.4. The van der Waals surface area contributed by atoms with Crippen LogP contribution in [0.25, 0.3) is 0 Å². The Bertz CT molecular complexity index is 1300. The molecule has 0 unspecified atom stereocenters. The van der Waals surface area contributed by atoms with Crippen molar-refractivity contribution in [1.82, 2.24) is 0 Å². The molecular weight excluding hydrogens is 770 g/mol. The summed E-state index contributed by atoms with van der Waals surface area (Å²) in [5.41, 5.74) is 0.666. The summed E-state index contributed by atoms with van der Waals surface area (Å²) in [6.07, 6.45) is 13.7. The number of nitrogens with zero attached hydrogens (tertiary/aromatic N) is 2. The zero-order valence-electron chi connectivity index (χ0n) is 35.4. The van der Waals surface area contributed by atoms with Crippen molar-refractivity contribution in [2.45, 2.75) is 90.9 Å². The number of hydrogen-bond donors (Lipinski definition) is 0. The van der Waals surface area contributed by atoms with Gasteiger partial charge in [-0.05, 0) is 37.1 Å². The topological polar surface area (TPSA) is 176 Å². The third-order valence-corrected chi connectivity index (χ3v) is 8.56. The van der Waals surface area contributed by atoms with Crippen LogP contribution in [0.4, 0.5) is 11.4 Å². The number of ether oxygens (including phenoxy) is 6. The number of carbonyl (C=O) groups is 4. The van der Waals surface area contributed by atoms with Gasteiger partial charge in [0.2, 0.25) is 0 Å². The number of anilines is 2. The van der Waals surface area contributed by atoms with Crippen molar-refractivity contribution in [3.05, 3.63) is 48.5 Å². The summed E-state index contributed by atoms with van der Waals surface area (Å²) in [6, 6.07) is 13.2. The van der Waals surface area contributed by atoms with E-state index in [2.05, 4.69) is 13.8 Å². The van der Waals surface area contributed by atoms with Gasteiger partial charge < -0.3 is 58.0 Å². The molecule has 16 heteroatoms. The number of para-hydroxylation sites is 4. The molecule has 0 bridgehead atoms. The van der Waals surface area contributed by atoms with E-state index in [1.807, 2.05) is 0 Å². The predicted octanol–water partition coefficient (Wildman–Crippen LogP) is -1.89. The van der Waals surface area contributed by atoms with E-state index >= 15 is 0 Å². The van der Waals surface area contributed by atoms with E-state index in [4.69, 9.17) is 28.4 Å². The molecule has 0 N–H and O–H groups in total. The third-order valence-electron chi connectivity index (χ3n) is 8.56. The Labute approximate surface area is 389 Å². The van der Waals surface area contributed by atoms with Crippen LogP contribution < -0.4 is 88.6 Å². The summed E-state index contributed by atoms with van der Waals surface area (Å²) in [5, 5.41) is 23.3. The average molecular weight is 833 g/mol. The Morgan fingerprint density at radius 2 is 0.828 bits per heavy atom. The zero-order chi connectivity index (χ0) is 40.6. The molecule has 314 valence electrons. The molecule has 0 fully saturated rings. The van der Waals surface area contributed by atoms with Crippen molar-refractivity contribution in [2.24, 2.45) is 0 Å². The summed E-state index contributed by atoms with van der Waals surface area (Å²) in [5.74, 6) is -3.47. The Hall–Kier alpha value is -2.56. The maximum atomic E-state index is 12.7.